The second-order valence-corrected chi connectivity index (χ2v) is 3.67. The third-order valence-electron chi connectivity index (χ3n) is 2.41. The molecule has 0 aromatic carbocycles. The van der Waals surface area contributed by atoms with Crippen LogP contribution in [0.25, 0.3) is 0 Å². The highest BCUT2D eigenvalue weighted by Gasteiger charge is 2.14. The molecule has 1 aliphatic rings. The Morgan fingerprint density at radius 1 is 1.23 bits per heavy atom. The van der Waals surface area contributed by atoms with E-state index in [1.165, 1.54) is 24.8 Å². The number of hydrogen-bond acceptors (Lipinski definition) is 0. The minimum atomic E-state index is 1.13. The molecule has 72 valence electrons. The smallest absolute Gasteiger partial charge is 0.0277 e. The van der Waals surface area contributed by atoms with Crippen molar-refractivity contribution in [2.45, 2.75) is 46.5 Å². The van der Waals surface area contributed by atoms with Crippen LogP contribution in [0.5, 0.6) is 0 Å². The first-order valence-electron chi connectivity index (χ1n) is 5.33. The predicted molar refractivity (Wildman–Crippen MR) is 59.7 cm³/mol. The van der Waals surface area contributed by atoms with E-state index in [1.807, 2.05) is 0 Å². The van der Waals surface area contributed by atoms with Gasteiger partial charge in [-0.05, 0) is 38.2 Å². The van der Waals surface area contributed by atoms with Crippen molar-refractivity contribution in [3.63, 3.8) is 0 Å². The highest BCUT2D eigenvalue weighted by atomic mass is 14.2. The van der Waals surface area contributed by atoms with E-state index < -0.39 is 0 Å². The molecule has 0 saturated heterocycles. The third-order valence-corrected chi connectivity index (χ3v) is 2.41. The lowest BCUT2D eigenvalue weighted by Gasteiger charge is -1.95. The van der Waals surface area contributed by atoms with Gasteiger partial charge in [0.25, 0.3) is 0 Å². The Morgan fingerprint density at radius 2 is 1.92 bits per heavy atom. The number of hydrogen-bond donors (Lipinski definition) is 0. The van der Waals surface area contributed by atoms with Crippen LogP contribution in [-0.4, -0.2) is 0 Å². The van der Waals surface area contributed by atoms with E-state index in [-0.39, 0.29) is 0 Å². The monoisotopic (exact) mass is 176 g/mol. The zero-order chi connectivity index (χ0) is 9.68. The summed E-state index contributed by atoms with van der Waals surface area (Å²) in [5, 5.41) is 0. The normalized spacial score (nSPS) is 16.8. The van der Waals surface area contributed by atoms with Crippen LogP contribution in [0.2, 0.25) is 0 Å². The molecule has 0 nitrogen and oxygen atoms in total. The fourth-order valence-electron chi connectivity index (χ4n) is 1.49. The molecule has 0 aliphatic heterocycles. The molecule has 0 bridgehead atoms. The first kappa shape index (κ1) is 10.3. The quantitative estimate of drug-likeness (QED) is 0.557. The summed E-state index contributed by atoms with van der Waals surface area (Å²) in [6.45, 7) is 6.59. The molecular formula is C13H20. The van der Waals surface area contributed by atoms with Crippen LogP contribution in [-0.2, 0) is 0 Å². The summed E-state index contributed by atoms with van der Waals surface area (Å²) in [6.07, 6.45) is 11.8. The molecule has 13 heavy (non-hydrogen) atoms. The SMILES string of the molecule is CCC=C(C)C=CC(CC)=C1CC1. The number of rotatable bonds is 4. The van der Waals surface area contributed by atoms with Gasteiger partial charge in [0.2, 0.25) is 0 Å². The largest absolute Gasteiger partial charge is 0.0819 e. The van der Waals surface area contributed by atoms with Crippen LogP contribution in [0, 0.1) is 0 Å². The minimum absolute atomic E-state index is 1.13. The third kappa shape index (κ3) is 3.63. The Kier molecular flexibility index (Phi) is 4.01. The molecule has 0 aromatic rings. The highest BCUT2D eigenvalue weighted by molar-refractivity contribution is 5.35. The lowest BCUT2D eigenvalue weighted by atomic mass is 10.1. The lowest BCUT2D eigenvalue weighted by molar-refractivity contribution is 1.13. The Labute approximate surface area is 82.0 Å². The molecule has 0 atom stereocenters. The first-order valence-corrected chi connectivity index (χ1v) is 5.33. The van der Waals surface area contributed by atoms with E-state index >= 15 is 0 Å². The maximum absolute atomic E-state index is 2.30. The summed E-state index contributed by atoms with van der Waals surface area (Å²) >= 11 is 0. The second kappa shape index (κ2) is 5.06. The molecule has 0 spiro atoms. The van der Waals surface area contributed by atoms with Crippen molar-refractivity contribution in [3.05, 3.63) is 34.9 Å². The summed E-state index contributed by atoms with van der Waals surface area (Å²) in [5.41, 5.74) is 4.61. The maximum atomic E-state index is 2.30. The fourth-order valence-corrected chi connectivity index (χ4v) is 1.49. The molecule has 0 aromatic heterocycles. The zero-order valence-electron chi connectivity index (χ0n) is 9.06. The van der Waals surface area contributed by atoms with Gasteiger partial charge in [-0.15, -0.1) is 0 Å². The summed E-state index contributed by atoms with van der Waals surface area (Å²) in [7, 11) is 0. The summed E-state index contributed by atoms with van der Waals surface area (Å²) < 4.78 is 0. The van der Waals surface area contributed by atoms with Crippen LogP contribution in [0.15, 0.2) is 34.9 Å². The van der Waals surface area contributed by atoms with Gasteiger partial charge in [0, 0.05) is 0 Å². The average Bonchev–Trinajstić information content (AvgIpc) is 2.90. The van der Waals surface area contributed by atoms with Crippen LogP contribution >= 0.6 is 0 Å². The van der Waals surface area contributed by atoms with Crippen molar-refractivity contribution in [1.29, 1.82) is 0 Å². The summed E-state index contributed by atoms with van der Waals surface area (Å²) in [6, 6.07) is 0. The van der Waals surface area contributed by atoms with Gasteiger partial charge in [0.15, 0.2) is 0 Å². The van der Waals surface area contributed by atoms with E-state index in [0.29, 0.717) is 0 Å². The van der Waals surface area contributed by atoms with Gasteiger partial charge >= 0.3 is 0 Å². The Morgan fingerprint density at radius 3 is 2.38 bits per heavy atom. The maximum Gasteiger partial charge on any atom is -0.0277 e. The van der Waals surface area contributed by atoms with Crippen LogP contribution in [0.1, 0.15) is 46.5 Å². The molecule has 0 unspecified atom stereocenters. The molecule has 1 aliphatic carbocycles. The lowest BCUT2D eigenvalue weighted by Crippen LogP contribution is -1.75. The van der Waals surface area contributed by atoms with Gasteiger partial charge in [0.1, 0.15) is 0 Å². The second-order valence-electron chi connectivity index (χ2n) is 3.67. The predicted octanol–water partition coefficient (Wildman–Crippen LogP) is 4.40. The first-order chi connectivity index (χ1) is 6.27. The van der Waals surface area contributed by atoms with Gasteiger partial charge in [-0.3, -0.25) is 0 Å². The summed E-state index contributed by atoms with van der Waals surface area (Å²) in [5.74, 6) is 0. The molecule has 0 heterocycles. The van der Waals surface area contributed by atoms with E-state index in [9.17, 15) is 0 Å². The van der Waals surface area contributed by atoms with Crippen molar-refractivity contribution in [2.75, 3.05) is 0 Å². The average molecular weight is 176 g/mol. The van der Waals surface area contributed by atoms with Gasteiger partial charge in [-0.25, -0.2) is 0 Å². The Balaban J connectivity index is 2.56. The van der Waals surface area contributed by atoms with Crippen molar-refractivity contribution in [2.24, 2.45) is 0 Å². The van der Waals surface area contributed by atoms with Crippen LogP contribution < -0.4 is 0 Å². The van der Waals surface area contributed by atoms with E-state index in [0.717, 1.165) is 6.42 Å². The minimum Gasteiger partial charge on any atom is -0.0819 e. The molecular weight excluding hydrogens is 156 g/mol. The van der Waals surface area contributed by atoms with E-state index in [2.05, 4.69) is 39.0 Å². The van der Waals surface area contributed by atoms with Gasteiger partial charge in [-0.2, -0.15) is 0 Å². The molecule has 0 N–H and O–H groups in total. The van der Waals surface area contributed by atoms with Crippen molar-refractivity contribution in [1.82, 2.24) is 0 Å². The molecule has 1 fully saturated rings. The van der Waals surface area contributed by atoms with Crippen LogP contribution in [0.4, 0.5) is 0 Å². The zero-order valence-corrected chi connectivity index (χ0v) is 9.06. The number of allylic oxidation sites excluding steroid dienone is 6. The molecule has 0 heteroatoms. The standard InChI is InChI=1S/C13H20/c1-4-6-11(3)7-8-12(5-2)13-9-10-13/h6-8H,4-5,9-10H2,1-3H3. The van der Waals surface area contributed by atoms with E-state index in [1.54, 1.807) is 11.1 Å². The molecule has 1 rings (SSSR count). The molecule has 0 radical (unpaired) electrons. The fraction of sp³-hybridized carbons (Fsp3) is 0.538. The van der Waals surface area contributed by atoms with Gasteiger partial charge in [-0.1, -0.05) is 43.2 Å². The summed E-state index contributed by atoms with van der Waals surface area (Å²) in [4.78, 5) is 0. The highest BCUT2D eigenvalue weighted by Crippen LogP contribution is 2.33. The molecule has 0 amide bonds. The van der Waals surface area contributed by atoms with Crippen molar-refractivity contribution in [3.8, 4) is 0 Å². The van der Waals surface area contributed by atoms with E-state index in [4.69, 9.17) is 0 Å². The Bertz CT molecular complexity index is 245. The van der Waals surface area contributed by atoms with Gasteiger partial charge in [0.05, 0.1) is 0 Å². The van der Waals surface area contributed by atoms with Crippen LogP contribution in [0.3, 0.4) is 0 Å². The van der Waals surface area contributed by atoms with Crippen molar-refractivity contribution < 1.29 is 0 Å². The topological polar surface area (TPSA) is 0 Å². The van der Waals surface area contributed by atoms with Gasteiger partial charge < -0.3 is 0 Å². The Hall–Kier alpha value is -0.780. The van der Waals surface area contributed by atoms with Crippen molar-refractivity contribution >= 4 is 0 Å². The molecule has 1 saturated carbocycles.